The lowest BCUT2D eigenvalue weighted by molar-refractivity contribution is -0.135. The SMILES string of the molecule is CC(=O)c1cccc(OCC(=O)N(Cc2ccccc2)CC2CCCO2)c1. The van der Waals surface area contributed by atoms with E-state index in [0.29, 0.717) is 24.4 Å². The Morgan fingerprint density at radius 2 is 1.96 bits per heavy atom. The minimum atomic E-state index is -0.0948. The molecule has 0 aliphatic carbocycles. The molecule has 0 aromatic heterocycles. The zero-order valence-corrected chi connectivity index (χ0v) is 15.6. The van der Waals surface area contributed by atoms with Crippen LogP contribution in [0, 0.1) is 0 Å². The number of Topliss-reactive ketones (excluding diaryl/α,β-unsaturated/α-hetero) is 1. The fourth-order valence-corrected chi connectivity index (χ4v) is 3.13. The molecule has 0 radical (unpaired) electrons. The molecule has 1 aliphatic heterocycles. The minimum absolute atomic E-state index is 0.0316. The van der Waals surface area contributed by atoms with Crippen molar-refractivity contribution in [3.05, 3.63) is 65.7 Å². The molecule has 1 aliphatic rings. The summed E-state index contributed by atoms with van der Waals surface area (Å²) in [5.74, 6) is 0.395. The van der Waals surface area contributed by atoms with Crippen LogP contribution in [0.15, 0.2) is 54.6 Å². The predicted octanol–water partition coefficient (Wildman–Crippen LogP) is 3.48. The third kappa shape index (κ3) is 5.66. The van der Waals surface area contributed by atoms with Gasteiger partial charge in [-0.15, -0.1) is 0 Å². The van der Waals surface area contributed by atoms with Gasteiger partial charge in [0, 0.05) is 25.3 Å². The van der Waals surface area contributed by atoms with Gasteiger partial charge in [-0.2, -0.15) is 0 Å². The van der Waals surface area contributed by atoms with Gasteiger partial charge in [0.15, 0.2) is 12.4 Å². The maximum Gasteiger partial charge on any atom is 0.260 e. The van der Waals surface area contributed by atoms with Crippen LogP contribution in [0.25, 0.3) is 0 Å². The van der Waals surface area contributed by atoms with Crippen molar-refractivity contribution in [1.82, 2.24) is 4.90 Å². The maximum atomic E-state index is 12.8. The molecule has 1 unspecified atom stereocenters. The number of ether oxygens (including phenoxy) is 2. The average molecular weight is 367 g/mol. The molecule has 0 N–H and O–H groups in total. The maximum absolute atomic E-state index is 12.8. The van der Waals surface area contributed by atoms with Gasteiger partial charge >= 0.3 is 0 Å². The topological polar surface area (TPSA) is 55.8 Å². The number of nitrogens with zero attached hydrogens (tertiary/aromatic N) is 1. The van der Waals surface area contributed by atoms with Crippen LogP contribution in [0.2, 0.25) is 0 Å². The third-order valence-electron chi connectivity index (χ3n) is 4.62. The Bertz CT molecular complexity index is 769. The Balaban J connectivity index is 1.64. The van der Waals surface area contributed by atoms with E-state index in [1.54, 1.807) is 29.2 Å². The van der Waals surface area contributed by atoms with Gasteiger partial charge < -0.3 is 14.4 Å². The van der Waals surface area contributed by atoms with E-state index in [-0.39, 0.29) is 24.4 Å². The van der Waals surface area contributed by atoms with Gasteiger partial charge in [-0.25, -0.2) is 0 Å². The Morgan fingerprint density at radius 1 is 1.15 bits per heavy atom. The van der Waals surface area contributed by atoms with E-state index in [1.165, 1.54) is 6.92 Å². The number of hydrogen-bond donors (Lipinski definition) is 0. The molecule has 3 rings (SSSR count). The van der Waals surface area contributed by atoms with Gasteiger partial charge in [-0.1, -0.05) is 42.5 Å². The van der Waals surface area contributed by atoms with Crippen LogP contribution < -0.4 is 4.74 Å². The molecule has 0 spiro atoms. The molecule has 0 saturated carbocycles. The summed E-state index contributed by atoms with van der Waals surface area (Å²) in [6.45, 7) is 3.28. The summed E-state index contributed by atoms with van der Waals surface area (Å²) in [7, 11) is 0. The fourth-order valence-electron chi connectivity index (χ4n) is 3.13. The van der Waals surface area contributed by atoms with Gasteiger partial charge in [-0.3, -0.25) is 9.59 Å². The molecule has 5 heteroatoms. The van der Waals surface area contributed by atoms with Crippen molar-refractivity contribution < 1.29 is 19.1 Å². The summed E-state index contributed by atoms with van der Waals surface area (Å²) in [5.41, 5.74) is 1.64. The Kier molecular flexibility index (Phi) is 6.60. The number of amides is 1. The van der Waals surface area contributed by atoms with E-state index in [1.807, 2.05) is 30.3 Å². The number of benzene rings is 2. The van der Waals surface area contributed by atoms with Crippen LogP contribution in [0.5, 0.6) is 5.75 Å². The molecule has 1 fully saturated rings. The Morgan fingerprint density at radius 3 is 2.67 bits per heavy atom. The molecular formula is C22H25NO4. The van der Waals surface area contributed by atoms with Crippen molar-refractivity contribution in [2.75, 3.05) is 19.8 Å². The monoisotopic (exact) mass is 367 g/mol. The average Bonchev–Trinajstić information content (AvgIpc) is 3.20. The van der Waals surface area contributed by atoms with E-state index in [9.17, 15) is 9.59 Å². The number of ketones is 1. The molecule has 142 valence electrons. The molecule has 27 heavy (non-hydrogen) atoms. The molecule has 2 aromatic rings. The van der Waals surface area contributed by atoms with Crippen LogP contribution in [-0.2, 0) is 16.1 Å². The van der Waals surface area contributed by atoms with Crippen LogP contribution in [0.3, 0.4) is 0 Å². The van der Waals surface area contributed by atoms with Gasteiger partial charge in [0.05, 0.1) is 6.10 Å². The van der Waals surface area contributed by atoms with Crippen molar-refractivity contribution in [2.24, 2.45) is 0 Å². The van der Waals surface area contributed by atoms with Crippen molar-refractivity contribution in [2.45, 2.75) is 32.4 Å². The van der Waals surface area contributed by atoms with Gasteiger partial charge in [0.25, 0.3) is 5.91 Å². The molecule has 5 nitrogen and oxygen atoms in total. The largest absolute Gasteiger partial charge is 0.484 e. The highest BCUT2D eigenvalue weighted by Gasteiger charge is 2.23. The molecular weight excluding hydrogens is 342 g/mol. The summed E-state index contributed by atoms with van der Waals surface area (Å²) in [4.78, 5) is 26.1. The van der Waals surface area contributed by atoms with E-state index in [0.717, 1.165) is 25.0 Å². The van der Waals surface area contributed by atoms with Crippen LogP contribution in [0.1, 0.15) is 35.7 Å². The first-order valence-electron chi connectivity index (χ1n) is 9.29. The minimum Gasteiger partial charge on any atom is -0.484 e. The fraction of sp³-hybridized carbons (Fsp3) is 0.364. The second kappa shape index (κ2) is 9.33. The smallest absolute Gasteiger partial charge is 0.260 e. The second-order valence-corrected chi connectivity index (χ2v) is 6.77. The molecule has 1 amide bonds. The van der Waals surface area contributed by atoms with Gasteiger partial charge in [0.2, 0.25) is 0 Å². The number of carbonyl (C=O) groups is 2. The Hall–Kier alpha value is -2.66. The lowest BCUT2D eigenvalue weighted by Crippen LogP contribution is -2.39. The second-order valence-electron chi connectivity index (χ2n) is 6.77. The first kappa shape index (κ1) is 19.1. The molecule has 1 atom stereocenters. The molecule has 1 heterocycles. The Labute approximate surface area is 159 Å². The van der Waals surface area contributed by atoms with Crippen LogP contribution in [0.4, 0.5) is 0 Å². The summed E-state index contributed by atoms with van der Waals surface area (Å²) in [6.07, 6.45) is 2.09. The highest BCUT2D eigenvalue weighted by molar-refractivity contribution is 5.94. The number of rotatable bonds is 8. The summed E-state index contributed by atoms with van der Waals surface area (Å²) < 4.78 is 11.4. The lowest BCUT2D eigenvalue weighted by atomic mass is 10.1. The number of carbonyl (C=O) groups excluding carboxylic acids is 2. The summed E-state index contributed by atoms with van der Waals surface area (Å²) in [5, 5.41) is 0. The zero-order valence-electron chi connectivity index (χ0n) is 15.6. The van der Waals surface area contributed by atoms with Crippen molar-refractivity contribution in [3.8, 4) is 5.75 Å². The molecule has 1 saturated heterocycles. The van der Waals surface area contributed by atoms with E-state index in [2.05, 4.69) is 0 Å². The zero-order chi connectivity index (χ0) is 19.1. The normalized spacial score (nSPS) is 16.1. The summed E-state index contributed by atoms with van der Waals surface area (Å²) in [6, 6.07) is 16.8. The highest BCUT2D eigenvalue weighted by atomic mass is 16.5. The quantitative estimate of drug-likeness (QED) is 0.671. The van der Waals surface area contributed by atoms with Crippen LogP contribution in [-0.4, -0.2) is 42.5 Å². The van der Waals surface area contributed by atoms with Gasteiger partial charge in [-0.05, 0) is 37.5 Å². The van der Waals surface area contributed by atoms with E-state index >= 15 is 0 Å². The van der Waals surface area contributed by atoms with Gasteiger partial charge in [0.1, 0.15) is 5.75 Å². The molecule has 2 aromatic carbocycles. The number of hydrogen-bond acceptors (Lipinski definition) is 4. The standard InChI is InChI=1S/C22H25NO4/c1-17(24)19-9-5-10-20(13-19)27-16-22(25)23(15-21-11-6-12-26-21)14-18-7-3-2-4-8-18/h2-5,7-10,13,21H,6,11-12,14-16H2,1H3. The first-order chi connectivity index (χ1) is 13.1. The highest BCUT2D eigenvalue weighted by Crippen LogP contribution is 2.17. The first-order valence-corrected chi connectivity index (χ1v) is 9.29. The van der Waals surface area contributed by atoms with Crippen molar-refractivity contribution in [1.29, 1.82) is 0 Å². The molecule has 0 bridgehead atoms. The van der Waals surface area contributed by atoms with Crippen molar-refractivity contribution >= 4 is 11.7 Å². The van der Waals surface area contributed by atoms with Crippen molar-refractivity contribution in [3.63, 3.8) is 0 Å². The van der Waals surface area contributed by atoms with E-state index < -0.39 is 0 Å². The summed E-state index contributed by atoms with van der Waals surface area (Å²) >= 11 is 0. The van der Waals surface area contributed by atoms with Crippen LogP contribution >= 0.6 is 0 Å². The predicted molar refractivity (Wildman–Crippen MR) is 103 cm³/mol. The third-order valence-corrected chi connectivity index (χ3v) is 4.62. The lowest BCUT2D eigenvalue weighted by Gasteiger charge is -2.25. The van der Waals surface area contributed by atoms with E-state index in [4.69, 9.17) is 9.47 Å².